The molecule has 3 aromatic rings. The quantitative estimate of drug-likeness (QED) is 0.738. The Labute approximate surface area is 150 Å². The Balaban J connectivity index is 1.90. The van der Waals surface area contributed by atoms with Gasteiger partial charge in [0.15, 0.2) is 0 Å². The molecule has 3 rings (SSSR count). The molecule has 0 spiro atoms. The number of para-hydroxylation sites is 2. The molecule has 0 aliphatic heterocycles. The average Bonchev–Trinajstić information content (AvgIpc) is 2.97. The van der Waals surface area contributed by atoms with Crippen LogP contribution in [-0.2, 0) is 18.4 Å². The van der Waals surface area contributed by atoms with Crippen LogP contribution in [0, 0.1) is 0 Å². The third-order valence-electron chi connectivity index (χ3n) is 4.95. The van der Waals surface area contributed by atoms with Gasteiger partial charge in [-0.3, -0.25) is 0 Å². The number of hydrogen-bond donors (Lipinski definition) is 1. The van der Waals surface area contributed by atoms with Gasteiger partial charge in [0.25, 0.3) is 0 Å². The molecule has 0 bridgehead atoms. The van der Waals surface area contributed by atoms with Gasteiger partial charge in [0, 0.05) is 19.0 Å². The Morgan fingerprint density at radius 1 is 1.04 bits per heavy atom. The van der Waals surface area contributed by atoms with Crippen molar-refractivity contribution in [2.75, 3.05) is 6.54 Å². The molecule has 2 N–H and O–H groups in total. The van der Waals surface area contributed by atoms with Gasteiger partial charge in [0.05, 0.1) is 11.0 Å². The molecular weight excluding hydrogens is 306 g/mol. The summed E-state index contributed by atoms with van der Waals surface area (Å²) in [4.78, 5) is 4.89. The fraction of sp³-hybridized carbons (Fsp3) is 0.409. The highest BCUT2D eigenvalue weighted by Crippen LogP contribution is 2.26. The Bertz CT molecular complexity index is 838. The maximum Gasteiger partial charge on any atom is 0.114 e. The zero-order chi connectivity index (χ0) is 18.0. The number of benzene rings is 2. The molecule has 1 unspecified atom stereocenters. The van der Waals surface area contributed by atoms with Gasteiger partial charge in [-0.15, -0.1) is 0 Å². The van der Waals surface area contributed by atoms with E-state index in [1.165, 1.54) is 16.6 Å². The highest BCUT2D eigenvalue weighted by atomic mass is 15.1. The number of aromatic nitrogens is 2. The van der Waals surface area contributed by atoms with Gasteiger partial charge in [0.1, 0.15) is 5.82 Å². The molecule has 0 aliphatic rings. The lowest BCUT2D eigenvalue weighted by Gasteiger charge is -2.20. The van der Waals surface area contributed by atoms with Crippen LogP contribution in [0.15, 0.2) is 48.5 Å². The first-order chi connectivity index (χ1) is 11.9. The molecule has 0 saturated heterocycles. The van der Waals surface area contributed by atoms with Gasteiger partial charge in [0.2, 0.25) is 0 Å². The highest BCUT2D eigenvalue weighted by Gasteiger charge is 2.19. The van der Waals surface area contributed by atoms with Crippen LogP contribution in [0.3, 0.4) is 0 Å². The molecule has 0 aliphatic carbocycles. The fourth-order valence-electron chi connectivity index (χ4n) is 3.44. The van der Waals surface area contributed by atoms with Crippen molar-refractivity contribution in [3.05, 3.63) is 65.5 Å². The second-order valence-electron chi connectivity index (χ2n) is 7.79. The lowest BCUT2D eigenvalue weighted by molar-refractivity contribution is 0.586. The molecule has 25 heavy (non-hydrogen) atoms. The molecule has 1 aromatic heterocycles. The summed E-state index contributed by atoms with van der Waals surface area (Å²) in [6.45, 7) is 10.4. The van der Waals surface area contributed by atoms with E-state index in [2.05, 4.69) is 74.7 Å². The van der Waals surface area contributed by atoms with Crippen molar-refractivity contribution in [2.45, 2.75) is 52.0 Å². The Morgan fingerprint density at radius 2 is 1.72 bits per heavy atom. The number of hydrogen-bond acceptors (Lipinski definition) is 2. The maximum atomic E-state index is 6.14. The highest BCUT2D eigenvalue weighted by molar-refractivity contribution is 5.76. The molecule has 0 radical (unpaired) electrons. The van der Waals surface area contributed by atoms with Gasteiger partial charge in [-0.05, 0) is 42.0 Å². The number of aryl methyl sites for hydroxylation is 1. The van der Waals surface area contributed by atoms with Crippen LogP contribution < -0.4 is 5.73 Å². The number of rotatable bonds is 5. The minimum Gasteiger partial charge on any atom is -0.330 e. The van der Waals surface area contributed by atoms with Gasteiger partial charge >= 0.3 is 0 Å². The van der Waals surface area contributed by atoms with Crippen LogP contribution in [0.2, 0.25) is 0 Å². The molecule has 0 amide bonds. The maximum absolute atomic E-state index is 6.14. The number of fused-ring (bicyclic) bond motifs is 1. The van der Waals surface area contributed by atoms with Crippen LogP contribution in [0.25, 0.3) is 11.0 Å². The Morgan fingerprint density at radius 3 is 2.32 bits per heavy atom. The summed E-state index contributed by atoms with van der Waals surface area (Å²) < 4.78 is 2.30. The van der Waals surface area contributed by atoms with Crippen LogP contribution >= 0.6 is 0 Å². The normalized spacial score (nSPS) is 13.3. The smallest absolute Gasteiger partial charge is 0.114 e. The van der Waals surface area contributed by atoms with E-state index in [1.807, 2.05) is 6.07 Å². The summed E-state index contributed by atoms with van der Waals surface area (Å²) in [7, 11) is 0. The second kappa shape index (κ2) is 7.01. The predicted molar refractivity (Wildman–Crippen MR) is 106 cm³/mol. The molecule has 132 valence electrons. The first-order valence-corrected chi connectivity index (χ1v) is 9.18. The second-order valence-corrected chi connectivity index (χ2v) is 7.79. The average molecular weight is 335 g/mol. The molecule has 1 heterocycles. The van der Waals surface area contributed by atoms with Gasteiger partial charge < -0.3 is 10.3 Å². The fourth-order valence-corrected chi connectivity index (χ4v) is 3.44. The van der Waals surface area contributed by atoms with Crippen molar-refractivity contribution >= 4 is 11.0 Å². The van der Waals surface area contributed by atoms with E-state index in [0.717, 1.165) is 24.3 Å². The van der Waals surface area contributed by atoms with E-state index < -0.39 is 0 Å². The molecule has 1 atom stereocenters. The summed E-state index contributed by atoms with van der Waals surface area (Å²) >= 11 is 0. The van der Waals surface area contributed by atoms with E-state index in [0.29, 0.717) is 6.54 Å². The summed E-state index contributed by atoms with van der Waals surface area (Å²) in [5, 5.41) is 0. The van der Waals surface area contributed by atoms with Crippen molar-refractivity contribution in [2.24, 2.45) is 5.73 Å². The van der Waals surface area contributed by atoms with Crippen LogP contribution in [0.4, 0.5) is 0 Å². The zero-order valence-electron chi connectivity index (χ0n) is 15.8. The van der Waals surface area contributed by atoms with Gasteiger partial charge in [-0.2, -0.15) is 0 Å². The van der Waals surface area contributed by atoms with Crippen LogP contribution in [0.5, 0.6) is 0 Å². The summed E-state index contributed by atoms with van der Waals surface area (Å²) in [6.07, 6.45) is 0.921. The molecule has 3 nitrogen and oxygen atoms in total. The lowest BCUT2D eigenvalue weighted by Crippen LogP contribution is -2.19. The lowest BCUT2D eigenvalue weighted by atomic mass is 9.86. The van der Waals surface area contributed by atoms with Crippen LogP contribution in [-0.4, -0.2) is 16.1 Å². The third-order valence-corrected chi connectivity index (χ3v) is 4.95. The zero-order valence-corrected chi connectivity index (χ0v) is 15.8. The minimum atomic E-state index is 0.183. The van der Waals surface area contributed by atoms with E-state index in [9.17, 15) is 0 Å². The first kappa shape index (κ1) is 17.7. The van der Waals surface area contributed by atoms with Crippen molar-refractivity contribution in [1.29, 1.82) is 0 Å². The third kappa shape index (κ3) is 3.62. The van der Waals surface area contributed by atoms with E-state index in [4.69, 9.17) is 10.7 Å². The monoisotopic (exact) mass is 335 g/mol. The van der Waals surface area contributed by atoms with E-state index in [1.54, 1.807) is 0 Å². The predicted octanol–water partition coefficient (Wildman–Crippen LogP) is 4.64. The van der Waals surface area contributed by atoms with Crippen molar-refractivity contribution in [3.63, 3.8) is 0 Å². The Hall–Kier alpha value is -2.13. The molecule has 0 saturated carbocycles. The topological polar surface area (TPSA) is 43.8 Å². The van der Waals surface area contributed by atoms with E-state index in [-0.39, 0.29) is 11.3 Å². The SMILES string of the molecule is CCn1c(C(CN)Cc2ccc(C(C)(C)C)cc2)nc2ccccc21. The van der Waals surface area contributed by atoms with Crippen molar-refractivity contribution in [1.82, 2.24) is 9.55 Å². The van der Waals surface area contributed by atoms with Gasteiger partial charge in [-0.1, -0.05) is 57.2 Å². The Kier molecular flexibility index (Phi) is 4.96. The van der Waals surface area contributed by atoms with Crippen molar-refractivity contribution in [3.8, 4) is 0 Å². The molecule has 0 fully saturated rings. The molecule has 3 heteroatoms. The summed E-state index contributed by atoms with van der Waals surface area (Å²) in [5.74, 6) is 1.33. The minimum absolute atomic E-state index is 0.183. The summed E-state index contributed by atoms with van der Waals surface area (Å²) in [5.41, 5.74) is 11.3. The van der Waals surface area contributed by atoms with Gasteiger partial charge in [-0.25, -0.2) is 4.98 Å². The number of nitrogens with two attached hydrogens (primary N) is 1. The summed E-state index contributed by atoms with van der Waals surface area (Å²) in [6, 6.07) is 17.3. The molecule has 2 aromatic carbocycles. The first-order valence-electron chi connectivity index (χ1n) is 9.18. The largest absolute Gasteiger partial charge is 0.330 e. The van der Waals surface area contributed by atoms with E-state index >= 15 is 0 Å². The van der Waals surface area contributed by atoms with Crippen LogP contribution in [0.1, 0.15) is 50.6 Å². The number of nitrogens with zero attached hydrogens (tertiary/aromatic N) is 2. The van der Waals surface area contributed by atoms with Crippen molar-refractivity contribution < 1.29 is 0 Å². The standard InChI is InChI=1S/C22H29N3/c1-5-25-20-9-7-6-8-19(20)24-21(25)17(15-23)14-16-10-12-18(13-11-16)22(2,3)4/h6-13,17H,5,14-15,23H2,1-4H3. The molecular formula is C22H29N3. The number of imidazole rings is 1.